The van der Waals surface area contributed by atoms with E-state index in [9.17, 15) is 9.59 Å². The standard InChI is InChI=1S/C12H17N3O3/c1-8(13)12(17)15-9-2-4-10(5-3-9)18-7-6-11(14)16/h2-5,8H,6-7,13H2,1H3,(H2,14,16)(H,15,17)/t8-/m1/s1. The van der Waals surface area contributed by atoms with Crippen LogP contribution in [0, 0.1) is 0 Å². The molecule has 0 radical (unpaired) electrons. The Morgan fingerprint density at radius 1 is 1.33 bits per heavy atom. The molecule has 0 aromatic heterocycles. The van der Waals surface area contributed by atoms with Crippen LogP contribution in [0.5, 0.6) is 5.75 Å². The van der Waals surface area contributed by atoms with Gasteiger partial charge in [-0.3, -0.25) is 9.59 Å². The van der Waals surface area contributed by atoms with Gasteiger partial charge < -0.3 is 21.5 Å². The van der Waals surface area contributed by atoms with Crippen molar-refractivity contribution in [1.29, 1.82) is 0 Å². The lowest BCUT2D eigenvalue weighted by molar-refractivity contribution is -0.118. The molecule has 2 amide bonds. The predicted octanol–water partition coefficient (Wildman–Crippen LogP) is 0.227. The van der Waals surface area contributed by atoms with Gasteiger partial charge in [-0.1, -0.05) is 0 Å². The molecule has 1 rings (SSSR count). The molecule has 6 heteroatoms. The zero-order valence-corrected chi connectivity index (χ0v) is 10.2. The first-order valence-electron chi connectivity index (χ1n) is 5.56. The van der Waals surface area contributed by atoms with Gasteiger partial charge in [0.05, 0.1) is 19.1 Å². The first-order valence-corrected chi connectivity index (χ1v) is 5.56. The summed E-state index contributed by atoms with van der Waals surface area (Å²) < 4.78 is 5.29. The van der Waals surface area contributed by atoms with Gasteiger partial charge >= 0.3 is 0 Å². The molecule has 0 aliphatic rings. The second-order valence-electron chi connectivity index (χ2n) is 3.87. The van der Waals surface area contributed by atoms with Crippen LogP contribution in [-0.2, 0) is 9.59 Å². The molecule has 0 saturated carbocycles. The van der Waals surface area contributed by atoms with Crippen molar-refractivity contribution in [3.63, 3.8) is 0 Å². The number of hydrogen-bond acceptors (Lipinski definition) is 4. The van der Waals surface area contributed by atoms with Crippen LogP contribution in [0.25, 0.3) is 0 Å². The van der Waals surface area contributed by atoms with Crippen molar-refractivity contribution in [2.75, 3.05) is 11.9 Å². The van der Waals surface area contributed by atoms with Crippen molar-refractivity contribution in [2.45, 2.75) is 19.4 Å². The highest BCUT2D eigenvalue weighted by Gasteiger charge is 2.07. The van der Waals surface area contributed by atoms with E-state index in [-0.39, 0.29) is 18.9 Å². The van der Waals surface area contributed by atoms with Crippen LogP contribution < -0.4 is 21.5 Å². The number of primary amides is 1. The fourth-order valence-corrected chi connectivity index (χ4v) is 1.16. The van der Waals surface area contributed by atoms with Crippen LogP contribution >= 0.6 is 0 Å². The quantitative estimate of drug-likeness (QED) is 0.672. The lowest BCUT2D eigenvalue weighted by Crippen LogP contribution is -2.32. The molecule has 0 bridgehead atoms. The summed E-state index contributed by atoms with van der Waals surface area (Å²) in [5.41, 5.74) is 11.1. The Morgan fingerprint density at radius 2 is 1.94 bits per heavy atom. The number of benzene rings is 1. The summed E-state index contributed by atoms with van der Waals surface area (Å²) in [5.74, 6) is -0.0525. The third-order valence-corrected chi connectivity index (χ3v) is 2.15. The molecule has 6 nitrogen and oxygen atoms in total. The van der Waals surface area contributed by atoms with Crippen molar-refractivity contribution >= 4 is 17.5 Å². The van der Waals surface area contributed by atoms with Gasteiger partial charge in [0.15, 0.2) is 0 Å². The minimum absolute atomic E-state index is 0.170. The van der Waals surface area contributed by atoms with Gasteiger partial charge in [-0.05, 0) is 31.2 Å². The molecule has 1 aromatic rings. The van der Waals surface area contributed by atoms with Crippen LogP contribution in [0.3, 0.4) is 0 Å². The minimum Gasteiger partial charge on any atom is -0.493 e. The van der Waals surface area contributed by atoms with Crippen LogP contribution in [0.4, 0.5) is 5.69 Å². The smallest absolute Gasteiger partial charge is 0.240 e. The first-order chi connectivity index (χ1) is 8.49. The Kier molecular flexibility index (Phi) is 5.13. The molecule has 5 N–H and O–H groups in total. The van der Waals surface area contributed by atoms with Crippen molar-refractivity contribution in [2.24, 2.45) is 11.5 Å². The summed E-state index contributed by atoms with van der Waals surface area (Å²) in [4.78, 5) is 21.8. The normalized spacial score (nSPS) is 11.7. The SMILES string of the molecule is C[C@@H](N)C(=O)Nc1ccc(OCCC(N)=O)cc1. The number of carbonyl (C=O) groups is 2. The van der Waals surface area contributed by atoms with Gasteiger partial charge in [0.25, 0.3) is 0 Å². The number of carbonyl (C=O) groups excluding carboxylic acids is 2. The van der Waals surface area contributed by atoms with Crippen molar-refractivity contribution in [3.05, 3.63) is 24.3 Å². The summed E-state index contributed by atoms with van der Waals surface area (Å²) >= 11 is 0. The zero-order chi connectivity index (χ0) is 13.5. The second-order valence-corrected chi connectivity index (χ2v) is 3.87. The number of nitrogens with two attached hydrogens (primary N) is 2. The summed E-state index contributed by atoms with van der Waals surface area (Å²) in [6.45, 7) is 1.84. The predicted molar refractivity (Wildman–Crippen MR) is 68.0 cm³/mol. The molecule has 0 aliphatic carbocycles. The maximum absolute atomic E-state index is 11.3. The first kappa shape index (κ1) is 14.0. The number of nitrogens with one attached hydrogen (secondary N) is 1. The van der Waals surface area contributed by atoms with Crippen LogP contribution in [0.15, 0.2) is 24.3 Å². The average molecular weight is 251 g/mol. The van der Waals surface area contributed by atoms with Crippen molar-refractivity contribution in [1.82, 2.24) is 0 Å². The maximum Gasteiger partial charge on any atom is 0.240 e. The second kappa shape index (κ2) is 6.61. The van der Waals surface area contributed by atoms with E-state index < -0.39 is 11.9 Å². The van der Waals surface area contributed by atoms with Gasteiger partial charge in [0.1, 0.15) is 5.75 Å². The van der Waals surface area contributed by atoms with E-state index in [2.05, 4.69) is 5.32 Å². The van der Waals surface area contributed by atoms with Gasteiger partial charge in [0, 0.05) is 5.69 Å². The summed E-state index contributed by atoms with van der Waals surface area (Å²) in [7, 11) is 0. The number of hydrogen-bond donors (Lipinski definition) is 3. The molecule has 1 aromatic carbocycles. The molecular formula is C12H17N3O3. The van der Waals surface area contributed by atoms with Gasteiger partial charge in [-0.2, -0.15) is 0 Å². The largest absolute Gasteiger partial charge is 0.493 e. The van der Waals surface area contributed by atoms with Gasteiger partial charge in [-0.15, -0.1) is 0 Å². The van der Waals surface area contributed by atoms with E-state index in [1.54, 1.807) is 31.2 Å². The van der Waals surface area contributed by atoms with Crippen LogP contribution in [0.1, 0.15) is 13.3 Å². The molecule has 0 aliphatic heterocycles. The molecule has 0 unspecified atom stereocenters. The maximum atomic E-state index is 11.3. The molecule has 98 valence electrons. The summed E-state index contributed by atoms with van der Waals surface area (Å²) in [6, 6.07) is 6.21. The lowest BCUT2D eigenvalue weighted by atomic mass is 10.2. The fraction of sp³-hybridized carbons (Fsp3) is 0.333. The van der Waals surface area contributed by atoms with E-state index in [1.165, 1.54) is 0 Å². The Labute approximate surface area is 105 Å². The van der Waals surface area contributed by atoms with E-state index in [0.29, 0.717) is 11.4 Å². The van der Waals surface area contributed by atoms with E-state index in [0.717, 1.165) is 0 Å². The van der Waals surface area contributed by atoms with Gasteiger partial charge in [-0.25, -0.2) is 0 Å². The van der Waals surface area contributed by atoms with E-state index >= 15 is 0 Å². The zero-order valence-electron chi connectivity index (χ0n) is 10.2. The fourth-order valence-electron chi connectivity index (χ4n) is 1.16. The van der Waals surface area contributed by atoms with Crippen LogP contribution in [-0.4, -0.2) is 24.5 Å². The number of anilines is 1. The highest BCUT2D eigenvalue weighted by molar-refractivity contribution is 5.94. The van der Waals surface area contributed by atoms with E-state index in [1.807, 2.05) is 0 Å². The Hall–Kier alpha value is -2.08. The third kappa shape index (κ3) is 4.84. The number of amides is 2. The summed E-state index contributed by atoms with van der Waals surface area (Å²) in [5, 5.41) is 2.65. The Morgan fingerprint density at radius 3 is 2.44 bits per heavy atom. The molecule has 0 heterocycles. The van der Waals surface area contributed by atoms with E-state index in [4.69, 9.17) is 16.2 Å². The van der Waals surface area contributed by atoms with Crippen molar-refractivity contribution < 1.29 is 14.3 Å². The molecule has 0 spiro atoms. The Bertz CT molecular complexity index is 415. The highest BCUT2D eigenvalue weighted by Crippen LogP contribution is 2.15. The van der Waals surface area contributed by atoms with Crippen LogP contribution in [0.2, 0.25) is 0 Å². The minimum atomic E-state index is -0.559. The molecule has 18 heavy (non-hydrogen) atoms. The summed E-state index contributed by atoms with van der Waals surface area (Å²) in [6.07, 6.45) is 0.170. The molecule has 1 atom stereocenters. The third-order valence-electron chi connectivity index (χ3n) is 2.15. The lowest BCUT2D eigenvalue weighted by Gasteiger charge is -2.09. The van der Waals surface area contributed by atoms with Gasteiger partial charge in [0.2, 0.25) is 11.8 Å². The number of ether oxygens (including phenoxy) is 1. The van der Waals surface area contributed by atoms with Crippen molar-refractivity contribution in [3.8, 4) is 5.75 Å². The Balaban J connectivity index is 2.47. The topological polar surface area (TPSA) is 107 Å². The highest BCUT2D eigenvalue weighted by atomic mass is 16.5. The monoisotopic (exact) mass is 251 g/mol. The molecule has 0 saturated heterocycles. The molecular weight excluding hydrogens is 234 g/mol. The average Bonchev–Trinajstić information content (AvgIpc) is 2.30. The molecule has 0 fully saturated rings. The number of rotatable bonds is 6.